The molecule has 0 N–H and O–H groups in total. The van der Waals surface area contributed by atoms with E-state index in [0.717, 1.165) is 23.4 Å². The Labute approximate surface area is 91.9 Å². The topological polar surface area (TPSA) is 12.4 Å². The molecule has 0 radical (unpaired) electrons. The summed E-state index contributed by atoms with van der Waals surface area (Å²) in [6.45, 7) is 11.5. The van der Waals surface area contributed by atoms with E-state index in [0.29, 0.717) is 0 Å². The van der Waals surface area contributed by atoms with Crippen molar-refractivity contribution in [2.24, 2.45) is 4.99 Å². The first-order chi connectivity index (χ1) is 7.22. The molecule has 1 heteroatoms. The Balaban J connectivity index is 2.94. The molecule has 0 unspecified atom stereocenters. The third-order valence-electron chi connectivity index (χ3n) is 2.35. The molecule has 0 fully saturated rings. The second-order valence-electron chi connectivity index (χ2n) is 3.41. The van der Waals surface area contributed by atoms with Gasteiger partial charge in [-0.25, -0.2) is 0 Å². The number of rotatable bonds is 4. The number of hydrogen-bond acceptors (Lipinski definition) is 1. The Morgan fingerprint density at radius 3 is 2.60 bits per heavy atom. The highest BCUT2D eigenvalue weighted by Crippen LogP contribution is 2.24. The maximum atomic E-state index is 4.54. The van der Waals surface area contributed by atoms with E-state index < -0.39 is 0 Å². The predicted molar refractivity (Wildman–Crippen MR) is 68.0 cm³/mol. The molecule has 0 amide bonds. The predicted octanol–water partition coefficient (Wildman–Crippen LogP) is 3.98. The molecule has 0 bridgehead atoms. The summed E-state index contributed by atoms with van der Waals surface area (Å²) in [5.74, 6) is 0. The Hall–Kier alpha value is -1.63. The van der Waals surface area contributed by atoms with Gasteiger partial charge < -0.3 is 0 Å². The molecule has 1 aliphatic heterocycles. The second-order valence-corrected chi connectivity index (χ2v) is 3.41. The lowest BCUT2D eigenvalue weighted by Gasteiger charge is -2.00. The van der Waals surface area contributed by atoms with Crippen LogP contribution in [-0.4, -0.2) is 5.71 Å². The van der Waals surface area contributed by atoms with Gasteiger partial charge >= 0.3 is 0 Å². The van der Waals surface area contributed by atoms with Crippen LogP contribution in [0.3, 0.4) is 0 Å². The first kappa shape index (κ1) is 11.4. The molecule has 0 atom stereocenters. The van der Waals surface area contributed by atoms with Crippen LogP contribution in [0.4, 0.5) is 0 Å². The SMILES string of the molecule is C=C/C=C(\C=C/C)C1=NC(C)=C(C=C)C1. The van der Waals surface area contributed by atoms with Crippen molar-refractivity contribution in [2.45, 2.75) is 20.3 Å². The highest BCUT2D eigenvalue weighted by atomic mass is 14.8. The molecule has 1 aliphatic rings. The largest absolute Gasteiger partial charge is 0.257 e. The summed E-state index contributed by atoms with van der Waals surface area (Å²) in [5.41, 5.74) is 4.51. The van der Waals surface area contributed by atoms with Crippen molar-refractivity contribution in [3.8, 4) is 0 Å². The van der Waals surface area contributed by atoms with Crippen molar-refractivity contribution in [1.82, 2.24) is 0 Å². The minimum atomic E-state index is 0.874. The molecule has 0 saturated heterocycles. The van der Waals surface area contributed by atoms with Gasteiger partial charge in [0, 0.05) is 12.1 Å². The lowest BCUT2D eigenvalue weighted by molar-refractivity contribution is 1.28. The van der Waals surface area contributed by atoms with Crippen molar-refractivity contribution in [3.63, 3.8) is 0 Å². The standard InChI is InChI=1S/C14H17N/c1-5-8-13(9-6-2)14-10-12(7-3)11(4)15-14/h5-9H,1,3,10H2,2,4H3/b9-6-,13-8+. The zero-order valence-electron chi connectivity index (χ0n) is 9.46. The molecule has 1 rings (SSSR count). The van der Waals surface area contributed by atoms with Crippen LogP contribution in [-0.2, 0) is 0 Å². The van der Waals surface area contributed by atoms with Gasteiger partial charge in [-0.15, -0.1) is 0 Å². The van der Waals surface area contributed by atoms with E-state index >= 15 is 0 Å². The average molecular weight is 199 g/mol. The molecular weight excluding hydrogens is 182 g/mol. The normalized spacial score (nSPS) is 17.2. The summed E-state index contributed by atoms with van der Waals surface area (Å²) >= 11 is 0. The smallest absolute Gasteiger partial charge is 0.0523 e. The van der Waals surface area contributed by atoms with Crippen LogP contribution in [0.2, 0.25) is 0 Å². The zero-order valence-corrected chi connectivity index (χ0v) is 9.46. The summed E-state index contributed by atoms with van der Waals surface area (Å²) in [5, 5.41) is 0. The summed E-state index contributed by atoms with van der Waals surface area (Å²) in [6.07, 6.45) is 10.6. The third kappa shape index (κ3) is 2.66. The fourth-order valence-corrected chi connectivity index (χ4v) is 1.56. The monoisotopic (exact) mass is 199 g/mol. The summed E-state index contributed by atoms with van der Waals surface area (Å²) in [7, 11) is 0. The summed E-state index contributed by atoms with van der Waals surface area (Å²) in [4.78, 5) is 4.54. The first-order valence-electron chi connectivity index (χ1n) is 5.08. The molecule has 0 aromatic rings. The molecule has 0 aliphatic carbocycles. The third-order valence-corrected chi connectivity index (χ3v) is 2.35. The maximum absolute atomic E-state index is 4.54. The van der Waals surface area contributed by atoms with E-state index in [4.69, 9.17) is 0 Å². The average Bonchev–Trinajstić information content (AvgIpc) is 2.59. The Morgan fingerprint density at radius 1 is 1.40 bits per heavy atom. The Morgan fingerprint density at radius 2 is 2.13 bits per heavy atom. The minimum absolute atomic E-state index is 0.874. The van der Waals surface area contributed by atoms with E-state index in [1.165, 1.54) is 5.57 Å². The maximum Gasteiger partial charge on any atom is 0.0523 e. The van der Waals surface area contributed by atoms with E-state index in [2.05, 4.69) is 24.2 Å². The molecule has 0 saturated carbocycles. The highest BCUT2D eigenvalue weighted by Gasteiger charge is 2.14. The fourth-order valence-electron chi connectivity index (χ4n) is 1.56. The molecular formula is C14H17N. The number of hydrogen-bond donors (Lipinski definition) is 0. The zero-order chi connectivity index (χ0) is 11.3. The van der Waals surface area contributed by atoms with Crippen LogP contribution in [0.15, 0.2) is 65.4 Å². The second kappa shape index (κ2) is 5.30. The van der Waals surface area contributed by atoms with Gasteiger partial charge in [-0.1, -0.05) is 43.5 Å². The Bertz CT molecular complexity index is 390. The van der Waals surface area contributed by atoms with Gasteiger partial charge in [0.25, 0.3) is 0 Å². The van der Waals surface area contributed by atoms with Crippen LogP contribution >= 0.6 is 0 Å². The lowest BCUT2D eigenvalue weighted by Crippen LogP contribution is -1.97. The molecule has 15 heavy (non-hydrogen) atoms. The van der Waals surface area contributed by atoms with E-state index in [-0.39, 0.29) is 0 Å². The fraction of sp³-hybridized carbons (Fsp3) is 0.214. The number of nitrogens with zero attached hydrogens (tertiary/aromatic N) is 1. The van der Waals surface area contributed by atoms with Crippen LogP contribution in [0, 0.1) is 0 Å². The van der Waals surface area contributed by atoms with Gasteiger partial charge in [0.15, 0.2) is 0 Å². The highest BCUT2D eigenvalue weighted by molar-refractivity contribution is 6.06. The summed E-state index contributed by atoms with van der Waals surface area (Å²) in [6, 6.07) is 0. The van der Waals surface area contributed by atoms with Crippen molar-refractivity contribution < 1.29 is 0 Å². The number of allylic oxidation sites excluding steroid dienone is 8. The quantitative estimate of drug-likeness (QED) is 0.607. The molecule has 1 nitrogen and oxygen atoms in total. The first-order valence-corrected chi connectivity index (χ1v) is 5.08. The molecule has 1 heterocycles. The van der Waals surface area contributed by atoms with Gasteiger partial charge in [0.1, 0.15) is 0 Å². The van der Waals surface area contributed by atoms with Crippen LogP contribution in [0.5, 0.6) is 0 Å². The van der Waals surface area contributed by atoms with Crippen LogP contribution < -0.4 is 0 Å². The van der Waals surface area contributed by atoms with E-state index in [9.17, 15) is 0 Å². The van der Waals surface area contributed by atoms with Crippen molar-refractivity contribution in [3.05, 3.63) is 60.4 Å². The van der Waals surface area contributed by atoms with Crippen molar-refractivity contribution in [2.75, 3.05) is 0 Å². The Kier molecular flexibility index (Phi) is 4.04. The van der Waals surface area contributed by atoms with Crippen LogP contribution in [0.1, 0.15) is 20.3 Å². The van der Waals surface area contributed by atoms with Gasteiger partial charge in [-0.05, 0) is 25.0 Å². The van der Waals surface area contributed by atoms with E-state index in [1.807, 2.05) is 32.1 Å². The lowest BCUT2D eigenvalue weighted by atomic mass is 10.0. The molecule has 0 aromatic carbocycles. The van der Waals surface area contributed by atoms with Crippen molar-refractivity contribution >= 4 is 5.71 Å². The van der Waals surface area contributed by atoms with Gasteiger partial charge in [0.2, 0.25) is 0 Å². The van der Waals surface area contributed by atoms with Gasteiger partial charge in [0.05, 0.1) is 5.71 Å². The van der Waals surface area contributed by atoms with Crippen LogP contribution in [0.25, 0.3) is 0 Å². The van der Waals surface area contributed by atoms with Gasteiger partial charge in [-0.3, -0.25) is 4.99 Å². The summed E-state index contributed by atoms with van der Waals surface area (Å²) < 4.78 is 0. The van der Waals surface area contributed by atoms with Crippen molar-refractivity contribution in [1.29, 1.82) is 0 Å². The molecule has 0 spiro atoms. The molecule has 78 valence electrons. The van der Waals surface area contributed by atoms with Gasteiger partial charge in [-0.2, -0.15) is 0 Å². The minimum Gasteiger partial charge on any atom is -0.257 e. The number of aliphatic imine (C=N–C) groups is 1. The molecule has 0 aromatic heterocycles. The van der Waals surface area contributed by atoms with E-state index in [1.54, 1.807) is 6.08 Å².